The van der Waals surface area contributed by atoms with E-state index in [4.69, 9.17) is 16.3 Å². The molecule has 12 heteroatoms. The molecule has 2 aliphatic heterocycles. The van der Waals surface area contributed by atoms with Crippen LogP contribution in [-0.4, -0.2) is 80.4 Å². The van der Waals surface area contributed by atoms with Gasteiger partial charge in [0.15, 0.2) is 0 Å². The lowest BCUT2D eigenvalue weighted by Gasteiger charge is -2.40. The van der Waals surface area contributed by atoms with Crippen LogP contribution in [0.1, 0.15) is 25.5 Å². The Hall–Kier alpha value is -2.99. The first-order valence-corrected chi connectivity index (χ1v) is 14.2. The zero-order valence-corrected chi connectivity index (χ0v) is 22.8. The highest BCUT2D eigenvalue weighted by Crippen LogP contribution is 2.32. The van der Waals surface area contributed by atoms with Crippen molar-refractivity contribution in [2.24, 2.45) is 0 Å². The second-order valence-electron chi connectivity index (χ2n) is 8.90. The number of urea groups is 1. The van der Waals surface area contributed by atoms with Gasteiger partial charge in [-0.05, 0) is 55.8 Å². The molecule has 2 aromatic carbocycles. The molecule has 2 amide bonds. The van der Waals surface area contributed by atoms with E-state index in [0.29, 0.717) is 35.9 Å². The average Bonchev–Trinajstić information content (AvgIpc) is 2.89. The first-order chi connectivity index (χ1) is 18.1. The maximum atomic E-state index is 14.1. The van der Waals surface area contributed by atoms with Gasteiger partial charge in [0.05, 0.1) is 23.1 Å². The Morgan fingerprint density at radius 3 is 2.39 bits per heavy atom. The van der Waals surface area contributed by atoms with E-state index in [1.807, 2.05) is 4.90 Å². The molecular weight excluding hydrogens is 535 g/mol. The quantitative estimate of drug-likeness (QED) is 0.494. The molecule has 38 heavy (non-hydrogen) atoms. The molecule has 2 aliphatic rings. The largest absolute Gasteiger partial charge is 0.463 e. The highest BCUT2D eigenvalue weighted by Gasteiger charge is 2.39. The third-order valence-corrected chi connectivity index (χ3v) is 8.75. The van der Waals surface area contributed by atoms with E-state index < -0.39 is 33.9 Å². The maximum Gasteiger partial charge on any atom is 0.338 e. The molecule has 0 bridgehead atoms. The third kappa shape index (κ3) is 5.85. The summed E-state index contributed by atoms with van der Waals surface area (Å²) in [7, 11) is -3.69. The summed E-state index contributed by atoms with van der Waals surface area (Å²) in [6, 6.07) is 10.5. The van der Waals surface area contributed by atoms with Crippen molar-refractivity contribution < 1.29 is 27.1 Å². The van der Waals surface area contributed by atoms with Crippen molar-refractivity contribution in [3.63, 3.8) is 0 Å². The van der Waals surface area contributed by atoms with Crippen LogP contribution in [0.15, 0.2) is 64.7 Å². The zero-order chi connectivity index (χ0) is 27.4. The van der Waals surface area contributed by atoms with Crippen LogP contribution in [0.2, 0.25) is 5.02 Å². The van der Waals surface area contributed by atoms with E-state index in [0.717, 1.165) is 0 Å². The second kappa shape index (κ2) is 11.8. The fourth-order valence-corrected chi connectivity index (χ4v) is 6.24. The summed E-state index contributed by atoms with van der Waals surface area (Å²) in [6.07, 6.45) is 0. The molecule has 2 aromatic rings. The Bertz CT molecular complexity index is 1330. The average molecular weight is 565 g/mol. The van der Waals surface area contributed by atoms with Crippen molar-refractivity contribution in [3.05, 3.63) is 76.2 Å². The molecule has 0 aliphatic carbocycles. The van der Waals surface area contributed by atoms with E-state index in [1.54, 1.807) is 19.9 Å². The summed E-state index contributed by atoms with van der Waals surface area (Å²) >= 11 is 5.90. The van der Waals surface area contributed by atoms with E-state index in [-0.39, 0.29) is 36.7 Å². The number of likely N-dealkylation sites (N-methyl/N-ethyl adjacent to an activating group) is 1. The van der Waals surface area contributed by atoms with E-state index in [2.05, 4.69) is 5.32 Å². The Kier molecular flexibility index (Phi) is 8.71. The van der Waals surface area contributed by atoms with Crippen LogP contribution in [0.25, 0.3) is 0 Å². The number of carbonyl (C=O) groups excluding carboxylic acids is 2. The molecule has 1 fully saturated rings. The molecule has 9 nitrogen and oxygen atoms in total. The number of carbonyl (C=O) groups is 2. The fraction of sp³-hybridized carbons (Fsp3) is 0.385. The number of hydrogen-bond acceptors (Lipinski definition) is 6. The van der Waals surface area contributed by atoms with Gasteiger partial charge in [-0.25, -0.2) is 22.4 Å². The number of amides is 2. The standard InChI is InChI=1S/C26H30ClFN4O5S/c1-3-32-22(17-30-12-14-31(15-13-30)38(35,36)21-10-8-19(27)9-11-21)23(25(33)37-4-2)24(29-26(32)34)18-6-5-7-20(28)16-18/h5-11,16,24H,3-4,12-15,17H2,1-2H3,(H,29,34)/t24-/m0/s1. The van der Waals surface area contributed by atoms with Crippen molar-refractivity contribution in [2.75, 3.05) is 45.9 Å². The number of nitrogens with zero attached hydrogens (tertiary/aromatic N) is 3. The smallest absolute Gasteiger partial charge is 0.338 e. The predicted molar refractivity (Wildman–Crippen MR) is 140 cm³/mol. The van der Waals surface area contributed by atoms with Gasteiger partial charge in [0.2, 0.25) is 10.0 Å². The summed E-state index contributed by atoms with van der Waals surface area (Å²) in [5, 5.41) is 3.26. The summed E-state index contributed by atoms with van der Waals surface area (Å²) < 4.78 is 47.0. The summed E-state index contributed by atoms with van der Waals surface area (Å²) in [6.45, 7) is 5.37. The monoisotopic (exact) mass is 564 g/mol. The van der Waals surface area contributed by atoms with E-state index >= 15 is 0 Å². The summed E-state index contributed by atoms with van der Waals surface area (Å²) in [5.41, 5.74) is 1.11. The number of halogens is 2. The maximum absolute atomic E-state index is 14.1. The van der Waals surface area contributed by atoms with Crippen LogP contribution < -0.4 is 5.32 Å². The topological polar surface area (TPSA) is 99.3 Å². The number of rotatable bonds is 8. The molecule has 0 radical (unpaired) electrons. The van der Waals surface area contributed by atoms with Crippen molar-refractivity contribution in [1.82, 2.24) is 19.4 Å². The molecule has 204 valence electrons. The SMILES string of the molecule is CCOC(=O)C1=C(CN2CCN(S(=O)(=O)c3ccc(Cl)cc3)CC2)N(CC)C(=O)N[C@H]1c1cccc(F)c1. The number of benzene rings is 2. The second-order valence-corrected chi connectivity index (χ2v) is 11.3. The lowest BCUT2D eigenvalue weighted by atomic mass is 9.94. The molecule has 0 aromatic heterocycles. The molecule has 0 saturated carbocycles. The van der Waals surface area contributed by atoms with Gasteiger partial charge >= 0.3 is 12.0 Å². The Morgan fingerprint density at radius 2 is 1.79 bits per heavy atom. The Balaban J connectivity index is 1.61. The van der Waals surface area contributed by atoms with Gasteiger partial charge in [0.25, 0.3) is 0 Å². The molecule has 0 unspecified atom stereocenters. The van der Waals surface area contributed by atoms with E-state index in [1.165, 1.54) is 51.7 Å². The molecular formula is C26H30ClFN4O5S. The molecule has 1 atom stereocenters. The van der Waals surface area contributed by atoms with Gasteiger partial charge in [-0.15, -0.1) is 0 Å². The Morgan fingerprint density at radius 1 is 1.11 bits per heavy atom. The first kappa shape index (κ1) is 28.0. The highest BCUT2D eigenvalue weighted by atomic mass is 35.5. The highest BCUT2D eigenvalue weighted by molar-refractivity contribution is 7.89. The van der Waals surface area contributed by atoms with E-state index in [9.17, 15) is 22.4 Å². The molecule has 1 saturated heterocycles. The molecule has 0 spiro atoms. The van der Waals surface area contributed by atoms with Crippen LogP contribution in [0, 0.1) is 5.82 Å². The van der Waals surface area contributed by atoms with Crippen LogP contribution in [0.3, 0.4) is 0 Å². The van der Waals surface area contributed by atoms with Crippen molar-refractivity contribution in [3.8, 4) is 0 Å². The van der Waals surface area contributed by atoms with Gasteiger partial charge in [-0.2, -0.15) is 4.31 Å². The number of nitrogens with one attached hydrogen (secondary N) is 1. The van der Waals surface area contributed by atoms with Crippen LogP contribution in [0.4, 0.5) is 9.18 Å². The Labute approximate surface area is 226 Å². The summed E-state index contributed by atoms with van der Waals surface area (Å²) in [5.74, 6) is -1.09. The van der Waals surface area contributed by atoms with Gasteiger partial charge in [0.1, 0.15) is 5.82 Å². The van der Waals surface area contributed by atoms with Crippen LogP contribution in [-0.2, 0) is 19.6 Å². The van der Waals surface area contributed by atoms with Gasteiger partial charge in [-0.1, -0.05) is 23.7 Å². The number of hydrogen-bond donors (Lipinski definition) is 1. The lowest BCUT2D eigenvalue weighted by molar-refractivity contribution is -0.139. The normalized spacial score (nSPS) is 19.4. The minimum Gasteiger partial charge on any atom is -0.463 e. The van der Waals surface area contributed by atoms with Gasteiger partial charge in [-0.3, -0.25) is 9.80 Å². The molecule has 2 heterocycles. The van der Waals surface area contributed by atoms with Gasteiger partial charge < -0.3 is 10.1 Å². The fourth-order valence-electron chi connectivity index (χ4n) is 4.69. The van der Waals surface area contributed by atoms with Crippen molar-refractivity contribution in [1.29, 1.82) is 0 Å². The van der Waals surface area contributed by atoms with Crippen LogP contribution in [0.5, 0.6) is 0 Å². The van der Waals surface area contributed by atoms with Gasteiger partial charge in [0, 0.05) is 50.0 Å². The number of esters is 1. The lowest BCUT2D eigenvalue weighted by Crippen LogP contribution is -2.53. The van der Waals surface area contributed by atoms with Crippen molar-refractivity contribution in [2.45, 2.75) is 24.8 Å². The summed E-state index contributed by atoms with van der Waals surface area (Å²) in [4.78, 5) is 29.9. The molecule has 4 rings (SSSR count). The van der Waals surface area contributed by atoms with Crippen LogP contribution >= 0.6 is 11.6 Å². The van der Waals surface area contributed by atoms with Crippen molar-refractivity contribution >= 4 is 33.6 Å². The predicted octanol–water partition coefficient (Wildman–Crippen LogP) is 3.39. The zero-order valence-electron chi connectivity index (χ0n) is 21.2. The number of ether oxygens (including phenoxy) is 1. The number of piperazine rings is 1. The minimum atomic E-state index is -3.69. The third-order valence-electron chi connectivity index (χ3n) is 6.59. The minimum absolute atomic E-state index is 0.132. The molecule has 1 N–H and O–H groups in total. The number of sulfonamides is 1. The first-order valence-electron chi connectivity index (χ1n) is 12.4.